The van der Waals surface area contributed by atoms with E-state index < -0.39 is 0 Å². The van der Waals surface area contributed by atoms with Gasteiger partial charge in [0.05, 0.1) is 25.5 Å². The van der Waals surface area contributed by atoms with Crippen LogP contribution in [0.4, 0.5) is 0 Å². The molecule has 3 heterocycles. The molecule has 6 heteroatoms. The molecule has 0 radical (unpaired) electrons. The summed E-state index contributed by atoms with van der Waals surface area (Å²) in [6.07, 6.45) is 6.46. The lowest BCUT2D eigenvalue weighted by atomic mass is 10.1. The fraction of sp³-hybridized carbons (Fsp3) is 0.333. The Morgan fingerprint density at radius 3 is 2.70 bits per heavy atom. The molecule has 0 bridgehead atoms. The van der Waals surface area contributed by atoms with Crippen molar-refractivity contribution in [3.63, 3.8) is 0 Å². The molecule has 2 atom stereocenters. The first-order chi connectivity index (χ1) is 13.1. The molecule has 1 fully saturated rings. The van der Waals surface area contributed by atoms with Crippen molar-refractivity contribution in [3.05, 3.63) is 60.1 Å². The number of hydrogen-bond donors (Lipinski definition) is 0. The highest BCUT2D eigenvalue weighted by Crippen LogP contribution is 2.47. The van der Waals surface area contributed by atoms with Gasteiger partial charge in [0, 0.05) is 35.6 Å². The van der Waals surface area contributed by atoms with E-state index in [-0.39, 0.29) is 0 Å². The number of nitrogens with zero attached hydrogens (tertiary/aromatic N) is 4. The molecule has 0 aliphatic heterocycles. The number of pyridine rings is 2. The fourth-order valence-electron chi connectivity index (χ4n) is 3.18. The van der Waals surface area contributed by atoms with Gasteiger partial charge >= 0.3 is 0 Å². The minimum Gasteiger partial charge on any atom is -0.495 e. The molecule has 4 rings (SSSR count). The lowest BCUT2D eigenvalue weighted by molar-refractivity contribution is 0.285. The molecule has 0 unspecified atom stereocenters. The summed E-state index contributed by atoms with van der Waals surface area (Å²) in [5.41, 5.74) is 3.95. The van der Waals surface area contributed by atoms with E-state index in [1.54, 1.807) is 19.5 Å². The van der Waals surface area contributed by atoms with E-state index in [9.17, 15) is 0 Å². The van der Waals surface area contributed by atoms with Gasteiger partial charge in [0.25, 0.3) is 0 Å². The lowest BCUT2D eigenvalue weighted by Gasteiger charge is -2.11. The number of aryl methyl sites for hydroxylation is 2. The van der Waals surface area contributed by atoms with E-state index in [1.807, 2.05) is 44.3 Å². The van der Waals surface area contributed by atoms with Gasteiger partial charge in [0.15, 0.2) is 0 Å². The Morgan fingerprint density at radius 2 is 1.96 bits per heavy atom. The smallest absolute Gasteiger partial charge is 0.224 e. The van der Waals surface area contributed by atoms with Crippen molar-refractivity contribution in [2.45, 2.75) is 26.2 Å². The maximum absolute atomic E-state index is 6.11. The van der Waals surface area contributed by atoms with Crippen LogP contribution < -0.4 is 9.47 Å². The van der Waals surface area contributed by atoms with Crippen molar-refractivity contribution in [3.8, 4) is 22.8 Å². The molecule has 0 saturated heterocycles. The standard InChI is InChI=1S/C21H22N4O2/c1-13-8-15(6-7-22-13)19-11-23-14(2)25-21(19)27-12-16-9-18(16)20-5-4-17(26-3)10-24-20/h4-8,10-11,16,18H,9,12H2,1-3H3/t16-,18+/m1/s1. The van der Waals surface area contributed by atoms with Crippen molar-refractivity contribution in [1.29, 1.82) is 0 Å². The molecule has 0 amide bonds. The van der Waals surface area contributed by atoms with E-state index >= 15 is 0 Å². The number of methoxy groups -OCH3 is 1. The van der Waals surface area contributed by atoms with Crippen LogP contribution in [0.25, 0.3) is 11.1 Å². The Hall–Kier alpha value is -3.02. The van der Waals surface area contributed by atoms with Gasteiger partial charge in [-0.05, 0) is 50.1 Å². The predicted octanol–water partition coefficient (Wildman–Crippen LogP) is 3.74. The van der Waals surface area contributed by atoms with Crippen molar-refractivity contribution >= 4 is 0 Å². The molecule has 27 heavy (non-hydrogen) atoms. The molecule has 3 aromatic rings. The molecule has 1 saturated carbocycles. The first-order valence-electron chi connectivity index (χ1n) is 9.03. The SMILES string of the molecule is COc1ccc([C@H]2C[C@@H]2COc2nc(C)ncc2-c2ccnc(C)c2)nc1. The van der Waals surface area contributed by atoms with Crippen molar-refractivity contribution in [1.82, 2.24) is 19.9 Å². The van der Waals surface area contributed by atoms with Crippen LogP contribution in [0.2, 0.25) is 0 Å². The zero-order valence-corrected chi connectivity index (χ0v) is 15.7. The van der Waals surface area contributed by atoms with Crippen LogP contribution in [0.15, 0.2) is 42.9 Å². The summed E-state index contributed by atoms with van der Waals surface area (Å²) in [6, 6.07) is 7.96. The zero-order valence-electron chi connectivity index (χ0n) is 15.7. The van der Waals surface area contributed by atoms with Gasteiger partial charge in [-0.25, -0.2) is 4.98 Å². The van der Waals surface area contributed by atoms with Gasteiger partial charge in [-0.1, -0.05) is 0 Å². The Balaban J connectivity index is 1.46. The van der Waals surface area contributed by atoms with E-state index in [1.165, 1.54) is 0 Å². The summed E-state index contributed by atoms with van der Waals surface area (Å²) in [4.78, 5) is 17.6. The topological polar surface area (TPSA) is 70.0 Å². The third-order valence-electron chi connectivity index (χ3n) is 4.81. The maximum atomic E-state index is 6.11. The summed E-state index contributed by atoms with van der Waals surface area (Å²) < 4.78 is 11.3. The molecule has 0 N–H and O–H groups in total. The molecular weight excluding hydrogens is 340 g/mol. The Bertz CT molecular complexity index is 943. The van der Waals surface area contributed by atoms with Crippen LogP contribution in [0.3, 0.4) is 0 Å². The van der Waals surface area contributed by atoms with Gasteiger partial charge in [-0.2, -0.15) is 4.98 Å². The van der Waals surface area contributed by atoms with Crippen LogP contribution in [-0.4, -0.2) is 33.7 Å². The third kappa shape index (κ3) is 3.89. The van der Waals surface area contributed by atoms with Crippen LogP contribution in [-0.2, 0) is 0 Å². The van der Waals surface area contributed by atoms with E-state index in [4.69, 9.17) is 9.47 Å². The van der Waals surface area contributed by atoms with Crippen molar-refractivity contribution in [2.24, 2.45) is 5.92 Å². The molecule has 1 aliphatic rings. The summed E-state index contributed by atoms with van der Waals surface area (Å²) in [5, 5.41) is 0. The summed E-state index contributed by atoms with van der Waals surface area (Å²) in [5.74, 6) is 2.99. The average Bonchev–Trinajstić information content (AvgIpc) is 3.46. The highest BCUT2D eigenvalue weighted by atomic mass is 16.5. The molecule has 6 nitrogen and oxygen atoms in total. The highest BCUT2D eigenvalue weighted by molar-refractivity contribution is 5.67. The maximum Gasteiger partial charge on any atom is 0.224 e. The van der Waals surface area contributed by atoms with Crippen LogP contribution in [0.5, 0.6) is 11.6 Å². The van der Waals surface area contributed by atoms with Gasteiger partial charge < -0.3 is 9.47 Å². The molecule has 0 aromatic carbocycles. The fourth-order valence-corrected chi connectivity index (χ4v) is 3.18. The first kappa shape index (κ1) is 17.4. The quantitative estimate of drug-likeness (QED) is 0.665. The Kier molecular flexibility index (Phi) is 4.71. The summed E-state index contributed by atoms with van der Waals surface area (Å²) in [6.45, 7) is 4.46. The van der Waals surface area contributed by atoms with E-state index in [2.05, 4.69) is 19.9 Å². The Morgan fingerprint density at radius 1 is 1.07 bits per heavy atom. The number of rotatable bonds is 6. The van der Waals surface area contributed by atoms with E-state index in [0.717, 1.165) is 34.7 Å². The molecule has 0 spiro atoms. The van der Waals surface area contributed by atoms with Gasteiger partial charge in [0.1, 0.15) is 11.6 Å². The highest BCUT2D eigenvalue weighted by Gasteiger charge is 2.40. The second kappa shape index (κ2) is 7.31. The molecule has 3 aromatic heterocycles. The minimum absolute atomic E-state index is 0.436. The number of aromatic nitrogens is 4. The second-order valence-corrected chi connectivity index (χ2v) is 6.86. The molecular formula is C21H22N4O2. The first-order valence-corrected chi connectivity index (χ1v) is 9.03. The summed E-state index contributed by atoms with van der Waals surface area (Å²) >= 11 is 0. The normalized spacial score (nSPS) is 18.2. The molecule has 1 aliphatic carbocycles. The molecule has 138 valence electrons. The van der Waals surface area contributed by atoms with Crippen molar-refractivity contribution in [2.75, 3.05) is 13.7 Å². The van der Waals surface area contributed by atoms with Crippen LogP contribution in [0, 0.1) is 19.8 Å². The second-order valence-electron chi connectivity index (χ2n) is 6.86. The predicted molar refractivity (Wildman–Crippen MR) is 102 cm³/mol. The number of ether oxygens (including phenoxy) is 2. The van der Waals surface area contributed by atoms with Crippen LogP contribution in [0.1, 0.15) is 29.6 Å². The van der Waals surface area contributed by atoms with Gasteiger partial charge in [0.2, 0.25) is 5.88 Å². The van der Waals surface area contributed by atoms with Crippen molar-refractivity contribution < 1.29 is 9.47 Å². The number of hydrogen-bond acceptors (Lipinski definition) is 6. The Labute approximate surface area is 158 Å². The monoisotopic (exact) mass is 362 g/mol. The lowest BCUT2D eigenvalue weighted by Crippen LogP contribution is -2.05. The van der Waals surface area contributed by atoms with E-state index in [0.29, 0.717) is 30.1 Å². The van der Waals surface area contributed by atoms with Crippen LogP contribution >= 0.6 is 0 Å². The average molecular weight is 362 g/mol. The van der Waals surface area contributed by atoms with Gasteiger partial charge in [-0.3, -0.25) is 9.97 Å². The largest absolute Gasteiger partial charge is 0.495 e. The summed E-state index contributed by atoms with van der Waals surface area (Å²) in [7, 11) is 1.65. The van der Waals surface area contributed by atoms with Gasteiger partial charge in [-0.15, -0.1) is 0 Å². The third-order valence-corrected chi connectivity index (χ3v) is 4.81. The minimum atomic E-state index is 0.436. The zero-order chi connectivity index (χ0) is 18.8.